The van der Waals surface area contributed by atoms with Gasteiger partial charge >= 0.3 is 5.97 Å². The summed E-state index contributed by atoms with van der Waals surface area (Å²) in [7, 11) is 0. The first-order chi connectivity index (χ1) is 8.60. The van der Waals surface area contributed by atoms with Crippen molar-refractivity contribution in [2.24, 2.45) is 0 Å². The van der Waals surface area contributed by atoms with E-state index >= 15 is 0 Å². The number of ether oxygens (including phenoxy) is 1. The van der Waals surface area contributed by atoms with Crippen LogP contribution in [0.4, 0.5) is 0 Å². The van der Waals surface area contributed by atoms with Crippen molar-refractivity contribution in [1.82, 2.24) is 9.97 Å². The molecule has 0 radical (unpaired) electrons. The average molecular weight is 250 g/mol. The molecule has 0 aliphatic carbocycles. The first-order valence-corrected chi connectivity index (χ1v) is 6.63. The van der Waals surface area contributed by atoms with E-state index in [1.54, 1.807) is 13.1 Å². The Bertz CT molecular complexity index is 403. The number of nitrogens with zero attached hydrogens (tertiary/aromatic N) is 2. The Morgan fingerprint density at radius 3 is 2.67 bits per heavy atom. The molecular weight excluding hydrogens is 228 g/mol. The number of unbranched alkanes of at least 4 members (excludes halogenated alkanes) is 1. The van der Waals surface area contributed by atoms with Crippen molar-refractivity contribution in [2.75, 3.05) is 6.61 Å². The summed E-state index contributed by atoms with van der Waals surface area (Å²) in [5, 5.41) is 0. The van der Waals surface area contributed by atoms with Gasteiger partial charge in [0.15, 0.2) is 0 Å². The van der Waals surface area contributed by atoms with Gasteiger partial charge < -0.3 is 4.74 Å². The first-order valence-electron chi connectivity index (χ1n) is 6.63. The van der Waals surface area contributed by atoms with Crippen LogP contribution in [0.15, 0.2) is 6.20 Å². The topological polar surface area (TPSA) is 52.1 Å². The van der Waals surface area contributed by atoms with Crippen molar-refractivity contribution in [3.63, 3.8) is 0 Å². The highest BCUT2D eigenvalue weighted by atomic mass is 16.5. The van der Waals surface area contributed by atoms with Gasteiger partial charge in [0.05, 0.1) is 17.9 Å². The standard InChI is InChI=1S/C14H22N2O2/c1-5-7-8-12-15-9-11(14(17)18-6-2)13(16-12)10(3)4/h9-10H,5-8H2,1-4H3. The Labute approximate surface area is 109 Å². The Morgan fingerprint density at radius 1 is 1.39 bits per heavy atom. The Hall–Kier alpha value is -1.45. The number of rotatable bonds is 6. The van der Waals surface area contributed by atoms with Crippen LogP contribution in [0.25, 0.3) is 0 Å². The monoisotopic (exact) mass is 250 g/mol. The van der Waals surface area contributed by atoms with Crippen LogP contribution in [-0.2, 0) is 11.2 Å². The molecule has 0 fully saturated rings. The molecule has 0 aromatic carbocycles. The Morgan fingerprint density at radius 2 is 2.11 bits per heavy atom. The lowest BCUT2D eigenvalue weighted by Gasteiger charge is -2.11. The van der Waals surface area contributed by atoms with E-state index in [0.717, 1.165) is 30.8 Å². The van der Waals surface area contributed by atoms with Crippen LogP contribution in [0.1, 0.15) is 68.3 Å². The number of aryl methyl sites for hydroxylation is 1. The summed E-state index contributed by atoms with van der Waals surface area (Å²) < 4.78 is 5.02. The van der Waals surface area contributed by atoms with E-state index in [-0.39, 0.29) is 11.9 Å². The van der Waals surface area contributed by atoms with Crippen molar-refractivity contribution in [1.29, 1.82) is 0 Å². The second-order valence-corrected chi connectivity index (χ2v) is 4.56. The largest absolute Gasteiger partial charge is 0.462 e. The van der Waals surface area contributed by atoms with Gasteiger partial charge in [-0.25, -0.2) is 14.8 Å². The molecule has 4 nitrogen and oxygen atoms in total. The fourth-order valence-electron chi connectivity index (χ4n) is 1.69. The predicted molar refractivity (Wildman–Crippen MR) is 70.7 cm³/mol. The number of hydrogen-bond acceptors (Lipinski definition) is 4. The molecule has 100 valence electrons. The fourth-order valence-corrected chi connectivity index (χ4v) is 1.69. The molecule has 0 saturated heterocycles. The van der Waals surface area contributed by atoms with Gasteiger partial charge in [0.1, 0.15) is 5.82 Å². The van der Waals surface area contributed by atoms with E-state index in [1.807, 2.05) is 13.8 Å². The number of aromatic nitrogens is 2. The lowest BCUT2D eigenvalue weighted by Crippen LogP contribution is -2.13. The molecule has 0 saturated carbocycles. The fraction of sp³-hybridized carbons (Fsp3) is 0.643. The summed E-state index contributed by atoms with van der Waals surface area (Å²) in [4.78, 5) is 20.5. The normalized spacial score (nSPS) is 10.7. The molecule has 0 N–H and O–H groups in total. The third-order valence-corrected chi connectivity index (χ3v) is 2.66. The van der Waals surface area contributed by atoms with Crippen LogP contribution < -0.4 is 0 Å². The van der Waals surface area contributed by atoms with Gasteiger partial charge in [0.25, 0.3) is 0 Å². The van der Waals surface area contributed by atoms with Gasteiger partial charge in [-0.05, 0) is 19.3 Å². The summed E-state index contributed by atoms with van der Waals surface area (Å²) in [5.74, 6) is 0.671. The second-order valence-electron chi connectivity index (χ2n) is 4.56. The maximum Gasteiger partial charge on any atom is 0.341 e. The Balaban J connectivity index is 3.00. The molecule has 18 heavy (non-hydrogen) atoms. The molecule has 1 heterocycles. The van der Waals surface area contributed by atoms with Crippen molar-refractivity contribution < 1.29 is 9.53 Å². The second kappa shape index (κ2) is 7.09. The summed E-state index contributed by atoms with van der Waals surface area (Å²) >= 11 is 0. The molecule has 0 spiro atoms. The number of carbonyl (C=O) groups is 1. The predicted octanol–water partition coefficient (Wildman–Crippen LogP) is 3.12. The number of esters is 1. The van der Waals surface area contributed by atoms with Crippen molar-refractivity contribution >= 4 is 5.97 Å². The molecule has 0 aliphatic rings. The minimum atomic E-state index is -0.330. The van der Waals surface area contributed by atoms with Gasteiger partial charge in [-0.2, -0.15) is 0 Å². The molecule has 0 atom stereocenters. The molecule has 0 unspecified atom stereocenters. The summed E-state index contributed by atoms with van der Waals surface area (Å²) in [6.45, 7) is 8.34. The highest BCUT2D eigenvalue weighted by molar-refractivity contribution is 5.90. The van der Waals surface area contributed by atoms with E-state index < -0.39 is 0 Å². The van der Waals surface area contributed by atoms with Gasteiger partial charge in [0, 0.05) is 12.6 Å². The van der Waals surface area contributed by atoms with Crippen molar-refractivity contribution in [2.45, 2.75) is 52.9 Å². The van der Waals surface area contributed by atoms with Crippen molar-refractivity contribution in [3.8, 4) is 0 Å². The molecule has 0 aliphatic heterocycles. The third-order valence-electron chi connectivity index (χ3n) is 2.66. The van der Waals surface area contributed by atoms with Crippen molar-refractivity contribution in [3.05, 3.63) is 23.3 Å². The van der Waals surface area contributed by atoms with Crippen LogP contribution in [0, 0.1) is 0 Å². The molecule has 4 heteroatoms. The van der Waals surface area contributed by atoms with Gasteiger partial charge in [-0.1, -0.05) is 27.2 Å². The molecule has 1 aromatic rings. The van der Waals surface area contributed by atoms with Crippen LogP contribution in [0.5, 0.6) is 0 Å². The summed E-state index contributed by atoms with van der Waals surface area (Å²) in [6, 6.07) is 0. The van der Waals surface area contributed by atoms with Crippen LogP contribution >= 0.6 is 0 Å². The lowest BCUT2D eigenvalue weighted by molar-refractivity contribution is 0.0523. The lowest BCUT2D eigenvalue weighted by atomic mass is 10.0. The van der Waals surface area contributed by atoms with E-state index in [1.165, 1.54) is 0 Å². The average Bonchev–Trinajstić information content (AvgIpc) is 2.36. The Kier molecular flexibility index (Phi) is 5.75. The van der Waals surface area contributed by atoms with Crippen LogP contribution in [0.3, 0.4) is 0 Å². The first kappa shape index (κ1) is 14.6. The molecule has 1 aromatic heterocycles. The third kappa shape index (κ3) is 3.79. The molecule has 0 bridgehead atoms. The quantitative estimate of drug-likeness (QED) is 0.728. The smallest absolute Gasteiger partial charge is 0.341 e. The minimum absolute atomic E-state index is 0.188. The van der Waals surface area contributed by atoms with E-state index in [2.05, 4.69) is 16.9 Å². The minimum Gasteiger partial charge on any atom is -0.462 e. The maximum atomic E-state index is 11.8. The van der Waals surface area contributed by atoms with E-state index in [4.69, 9.17) is 4.74 Å². The van der Waals surface area contributed by atoms with Gasteiger partial charge in [-0.15, -0.1) is 0 Å². The summed E-state index contributed by atoms with van der Waals surface area (Å²) in [5.41, 5.74) is 1.28. The highest BCUT2D eigenvalue weighted by Crippen LogP contribution is 2.18. The molecule has 1 rings (SSSR count). The number of hydrogen-bond donors (Lipinski definition) is 0. The van der Waals surface area contributed by atoms with Gasteiger partial charge in [0.2, 0.25) is 0 Å². The molecule has 0 amide bonds. The zero-order chi connectivity index (χ0) is 13.5. The molecular formula is C14H22N2O2. The SMILES string of the molecule is CCCCc1ncc(C(=O)OCC)c(C(C)C)n1. The summed E-state index contributed by atoms with van der Waals surface area (Å²) in [6.07, 6.45) is 4.64. The zero-order valence-electron chi connectivity index (χ0n) is 11.7. The van der Waals surface area contributed by atoms with E-state index in [9.17, 15) is 4.79 Å². The zero-order valence-corrected chi connectivity index (χ0v) is 11.7. The van der Waals surface area contributed by atoms with Gasteiger partial charge in [-0.3, -0.25) is 0 Å². The number of carbonyl (C=O) groups excluding carboxylic acids is 1. The maximum absolute atomic E-state index is 11.8. The van der Waals surface area contributed by atoms with Crippen LogP contribution in [-0.4, -0.2) is 22.5 Å². The van der Waals surface area contributed by atoms with E-state index in [0.29, 0.717) is 12.2 Å². The highest BCUT2D eigenvalue weighted by Gasteiger charge is 2.17. The van der Waals surface area contributed by atoms with Crippen LogP contribution in [0.2, 0.25) is 0 Å².